The molecule has 0 radical (unpaired) electrons. The van der Waals surface area contributed by atoms with Gasteiger partial charge in [-0.15, -0.1) is 0 Å². The topological polar surface area (TPSA) is 40.8 Å². The molecule has 2 aromatic heterocycles. The molecule has 0 saturated carbocycles. The zero-order valence-electron chi connectivity index (χ0n) is 15.0. The van der Waals surface area contributed by atoms with Crippen molar-refractivity contribution in [2.75, 3.05) is 0 Å². The highest BCUT2D eigenvalue weighted by Crippen LogP contribution is 2.44. The van der Waals surface area contributed by atoms with E-state index in [4.69, 9.17) is 0 Å². The lowest BCUT2D eigenvalue weighted by atomic mass is 9.73. The Morgan fingerprint density at radius 1 is 1.00 bits per heavy atom. The molecule has 26 heavy (non-hydrogen) atoms. The van der Waals surface area contributed by atoms with Gasteiger partial charge in [0.15, 0.2) is 0 Å². The highest BCUT2D eigenvalue weighted by molar-refractivity contribution is 5.41. The summed E-state index contributed by atoms with van der Waals surface area (Å²) >= 11 is 0. The molecule has 4 nitrogen and oxygen atoms in total. The first-order valence-corrected chi connectivity index (χ1v) is 9.68. The van der Waals surface area contributed by atoms with Crippen molar-refractivity contribution in [3.63, 3.8) is 0 Å². The molecule has 2 aliphatic rings. The average Bonchev–Trinajstić information content (AvgIpc) is 3.12. The lowest BCUT2D eigenvalue weighted by Gasteiger charge is -2.52. The smallest absolute Gasteiger partial charge is 0.136 e. The van der Waals surface area contributed by atoms with Gasteiger partial charge in [0.05, 0.1) is 5.69 Å². The van der Waals surface area contributed by atoms with E-state index in [0.29, 0.717) is 12.1 Å². The number of pyridine rings is 1. The fraction of sp³-hybridized carbons (Fsp3) is 0.409. The Morgan fingerprint density at radius 3 is 2.54 bits per heavy atom. The van der Waals surface area contributed by atoms with Crippen LogP contribution in [-0.4, -0.2) is 31.5 Å². The van der Waals surface area contributed by atoms with Gasteiger partial charge in [-0.05, 0) is 43.4 Å². The van der Waals surface area contributed by atoms with Crippen LogP contribution in [0.4, 0.5) is 0 Å². The molecule has 0 amide bonds. The maximum atomic E-state index is 11.7. The van der Waals surface area contributed by atoms with Crippen LogP contribution in [0.2, 0.25) is 0 Å². The van der Waals surface area contributed by atoms with Gasteiger partial charge < -0.3 is 9.51 Å². The van der Waals surface area contributed by atoms with E-state index in [9.17, 15) is 5.11 Å². The van der Waals surface area contributed by atoms with E-state index >= 15 is 0 Å². The van der Waals surface area contributed by atoms with Crippen molar-refractivity contribution in [1.29, 1.82) is 0 Å². The van der Waals surface area contributed by atoms with Crippen molar-refractivity contribution < 1.29 is 5.11 Å². The third kappa shape index (κ3) is 2.65. The number of piperidine rings is 2. The average molecular weight is 347 g/mol. The molecule has 2 saturated heterocycles. The number of imidazole rings is 1. The zero-order chi connectivity index (χ0) is 17.6. The molecule has 2 fully saturated rings. The van der Waals surface area contributed by atoms with E-state index in [2.05, 4.69) is 50.7 Å². The van der Waals surface area contributed by atoms with Gasteiger partial charge in [-0.25, -0.2) is 4.98 Å². The molecule has 5 rings (SSSR count). The molecule has 2 aliphatic heterocycles. The number of hydrogen-bond acceptors (Lipinski definition) is 3. The number of aromatic nitrogens is 2. The van der Waals surface area contributed by atoms with E-state index < -0.39 is 5.60 Å². The Morgan fingerprint density at radius 2 is 1.77 bits per heavy atom. The minimum absolute atomic E-state index is 0.437. The molecule has 1 aromatic carbocycles. The fourth-order valence-electron chi connectivity index (χ4n) is 5.11. The van der Waals surface area contributed by atoms with Crippen LogP contribution < -0.4 is 0 Å². The number of rotatable bonds is 3. The van der Waals surface area contributed by atoms with E-state index in [1.165, 1.54) is 24.8 Å². The Hall–Kier alpha value is -2.17. The van der Waals surface area contributed by atoms with Gasteiger partial charge in [0.2, 0.25) is 0 Å². The summed E-state index contributed by atoms with van der Waals surface area (Å²) < 4.78 is 2.06. The van der Waals surface area contributed by atoms with Crippen LogP contribution in [-0.2, 0) is 12.1 Å². The second kappa shape index (κ2) is 6.22. The SMILES string of the molecule is OC1(c2cccc3nccn23)CC2CCCC(C1)N2Cc1ccccc1. The Balaban J connectivity index is 1.47. The van der Waals surface area contributed by atoms with Crippen molar-refractivity contribution in [2.45, 2.75) is 56.3 Å². The summed E-state index contributed by atoms with van der Waals surface area (Å²) in [4.78, 5) is 7.03. The second-order valence-electron chi connectivity index (χ2n) is 7.90. The predicted octanol–water partition coefficient (Wildman–Crippen LogP) is 3.74. The van der Waals surface area contributed by atoms with Gasteiger partial charge in [0.25, 0.3) is 0 Å². The second-order valence-corrected chi connectivity index (χ2v) is 7.90. The Kier molecular flexibility index (Phi) is 3.84. The van der Waals surface area contributed by atoms with Crippen molar-refractivity contribution in [3.05, 3.63) is 72.2 Å². The number of nitrogens with zero attached hydrogens (tertiary/aromatic N) is 3. The quantitative estimate of drug-likeness (QED) is 0.785. The molecular formula is C22H25N3O. The van der Waals surface area contributed by atoms with Crippen LogP contribution >= 0.6 is 0 Å². The van der Waals surface area contributed by atoms with Gasteiger partial charge in [0, 0.05) is 31.0 Å². The van der Waals surface area contributed by atoms with Crippen LogP contribution in [0.3, 0.4) is 0 Å². The number of fused-ring (bicyclic) bond motifs is 3. The van der Waals surface area contributed by atoms with Gasteiger partial charge in [0.1, 0.15) is 11.2 Å². The Bertz CT molecular complexity index is 890. The summed E-state index contributed by atoms with van der Waals surface area (Å²) in [6.07, 6.45) is 8.99. The van der Waals surface area contributed by atoms with Crippen LogP contribution in [0, 0.1) is 0 Å². The largest absolute Gasteiger partial charge is 0.383 e. The van der Waals surface area contributed by atoms with Gasteiger partial charge in [-0.2, -0.15) is 0 Å². The third-order valence-corrected chi connectivity index (χ3v) is 6.27. The molecule has 3 aromatic rings. The number of hydrogen-bond donors (Lipinski definition) is 1. The van der Waals surface area contributed by atoms with Crippen molar-refractivity contribution in [1.82, 2.24) is 14.3 Å². The van der Waals surface area contributed by atoms with Gasteiger partial charge in [-0.3, -0.25) is 4.90 Å². The summed E-state index contributed by atoms with van der Waals surface area (Å²) in [7, 11) is 0. The molecule has 4 heteroatoms. The van der Waals surface area contributed by atoms with Gasteiger partial charge in [-0.1, -0.05) is 42.8 Å². The predicted molar refractivity (Wildman–Crippen MR) is 102 cm³/mol. The highest BCUT2D eigenvalue weighted by Gasteiger charge is 2.47. The van der Waals surface area contributed by atoms with Crippen LogP contribution in [0.5, 0.6) is 0 Å². The van der Waals surface area contributed by atoms with Crippen molar-refractivity contribution in [3.8, 4) is 0 Å². The van der Waals surface area contributed by atoms with Gasteiger partial charge >= 0.3 is 0 Å². The van der Waals surface area contributed by atoms with E-state index in [0.717, 1.165) is 30.7 Å². The lowest BCUT2D eigenvalue weighted by Crippen LogP contribution is -2.56. The van der Waals surface area contributed by atoms with E-state index in [1.54, 1.807) is 0 Å². The molecule has 2 unspecified atom stereocenters. The van der Waals surface area contributed by atoms with E-state index in [-0.39, 0.29) is 0 Å². The standard InChI is InChI=1S/C22H25N3O/c26-22(20-10-5-11-21-23-12-13-24(20)21)14-18-8-4-9-19(15-22)25(18)16-17-6-2-1-3-7-17/h1-3,5-7,10-13,18-19,26H,4,8-9,14-16H2. The first-order chi connectivity index (χ1) is 12.7. The summed E-state index contributed by atoms with van der Waals surface area (Å²) in [5.74, 6) is 0. The normalized spacial score (nSPS) is 29.1. The Labute approximate surface area is 154 Å². The molecule has 4 heterocycles. The molecule has 2 atom stereocenters. The molecule has 0 spiro atoms. The zero-order valence-corrected chi connectivity index (χ0v) is 15.0. The summed E-state index contributed by atoms with van der Waals surface area (Å²) in [5, 5.41) is 11.7. The van der Waals surface area contributed by atoms with Crippen LogP contribution in [0.1, 0.15) is 43.4 Å². The molecule has 1 N–H and O–H groups in total. The van der Waals surface area contributed by atoms with Crippen LogP contribution in [0.15, 0.2) is 60.9 Å². The molecule has 134 valence electrons. The third-order valence-electron chi connectivity index (χ3n) is 6.27. The van der Waals surface area contributed by atoms with Crippen molar-refractivity contribution >= 4 is 5.65 Å². The lowest BCUT2D eigenvalue weighted by molar-refractivity contribution is -0.103. The summed E-state index contributed by atoms with van der Waals surface area (Å²) in [5.41, 5.74) is 2.49. The highest BCUT2D eigenvalue weighted by atomic mass is 16.3. The minimum atomic E-state index is -0.775. The number of benzene rings is 1. The monoisotopic (exact) mass is 347 g/mol. The maximum Gasteiger partial charge on any atom is 0.136 e. The van der Waals surface area contributed by atoms with Crippen LogP contribution in [0.25, 0.3) is 5.65 Å². The summed E-state index contributed by atoms with van der Waals surface area (Å²) in [6, 6.07) is 17.7. The summed E-state index contributed by atoms with van der Waals surface area (Å²) in [6.45, 7) is 0.988. The first kappa shape index (κ1) is 16.0. The number of aliphatic hydroxyl groups is 1. The fourth-order valence-corrected chi connectivity index (χ4v) is 5.11. The minimum Gasteiger partial charge on any atom is -0.383 e. The van der Waals surface area contributed by atoms with E-state index in [1.807, 2.05) is 24.5 Å². The molecule has 0 aliphatic carbocycles. The molecular weight excluding hydrogens is 322 g/mol. The first-order valence-electron chi connectivity index (χ1n) is 9.68. The van der Waals surface area contributed by atoms with Crippen molar-refractivity contribution in [2.24, 2.45) is 0 Å². The maximum absolute atomic E-state index is 11.7. The molecule has 2 bridgehead atoms.